The van der Waals surface area contributed by atoms with E-state index in [0.717, 1.165) is 17.0 Å². The number of hydrogen-bond donors (Lipinski definition) is 2. The van der Waals surface area contributed by atoms with E-state index < -0.39 is 6.04 Å². The molecule has 0 aliphatic rings. The maximum atomic E-state index is 11.7. The van der Waals surface area contributed by atoms with E-state index in [1.807, 2.05) is 37.4 Å². The third-order valence-electron chi connectivity index (χ3n) is 2.27. The van der Waals surface area contributed by atoms with Crippen molar-refractivity contribution in [2.24, 2.45) is 5.73 Å². The molecule has 0 bridgehead atoms. The van der Waals surface area contributed by atoms with E-state index in [1.54, 1.807) is 11.8 Å². The van der Waals surface area contributed by atoms with Crippen LogP contribution in [0.2, 0.25) is 0 Å². The number of benzene rings is 1. The number of hydrogen-bond acceptors (Lipinski definition) is 3. The predicted molar refractivity (Wildman–Crippen MR) is 69.7 cm³/mol. The largest absolute Gasteiger partial charge is 0.325 e. The topological polar surface area (TPSA) is 55.1 Å². The van der Waals surface area contributed by atoms with Gasteiger partial charge in [0.25, 0.3) is 0 Å². The first-order chi connectivity index (χ1) is 7.67. The Morgan fingerprint density at radius 1 is 1.56 bits per heavy atom. The van der Waals surface area contributed by atoms with Crippen LogP contribution in [0.3, 0.4) is 0 Å². The van der Waals surface area contributed by atoms with E-state index >= 15 is 0 Å². The van der Waals surface area contributed by atoms with E-state index in [4.69, 9.17) is 5.73 Å². The maximum Gasteiger partial charge on any atom is 0.241 e. The summed E-state index contributed by atoms with van der Waals surface area (Å²) in [7, 11) is 0. The fourth-order valence-corrected chi connectivity index (χ4v) is 1.84. The third-order valence-corrected chi connectivity index (χ3v) is 3.00. The quantitative estimate of drug-likeness (QED) is 0.775. The molecule has 0 saturated carbocycles. The summed E-state index contributed by atoms with van der Waals surface area (Å²) in [4.78, 5) is 12.8. The lowest BCUT2D eigenvalue weighted by Crippen LogP contribution is -2.35. The van der Waals surface area contributed by atoms with Crippen molar-refractivity contribution >= 4 is 23.4 Å². The molecule has 88 valence electrons. The first-order valence-electron chi connectivity index (χ1n) is 5.38. The zero-order chi connectivity index (χ0) is 12.0. The van der Waals surface area contributed by atoms with Crippen LogP contribution >= 0.6 is 11.8 Å². The lowest BCUT2D eigenvalue weighted by atomic mass is 10.1. The lowest BCUT2D eigenvalue weighted by molar-refractivity contribution is -0.117. The molecular formula is C12H18N2OS. The smallest absolute Gasteiger partial charge is 0.241 e. The molecule has 0 saturated heterocycles. The molecular weight excluding hydrogens is 220 g/mol. The van der Waals surface area contributed by atoms with Crippen LogP contribution in [-0.4, -0.2) is 18.2 Å². The summed E-state index contributed by atoms with van der Waals surface area (Å²) in [5.41, 5.74) is 6.54. The van der Waals surface area contributed by atoms with Crippen LogP contribution in [0.1, 0.15) is 19.8 Å². The molecule has 0 aliphatic heterocycles. The number of anilines is 1. The van der Waals surface area contributed by atoms with Gasteiger partial charge in [0.2, 0.25) is 5.91 Å². The normalized spacial score (nSPS) is 12.2. The molecule has 0 aromatic heterocycles. The highest BCUT2D eigenvalue weighted by atomic mass is 32.2. The SMILES string of the molecule is CCC[C@@H](N)C(=O)Nc1cccc(SC)c1. The molecule has 16 heavy (non-hydrogen) atoms. The first-order valence-corrected chi connectivity index (χ1v) is 6.60. The highest BCUT2D eigenvalue weighted by molar-refractivity contribution is 7.98. The van der Waals surface area contributed by atoms with Gasteiger partial charge in [-0.05, 0) is 30.9 Å². The van der Waals surface area contributed by atoms with E-state index in [9.17, 15) is 4.79 Å². The highest BCUT2D eigenvalue weighted by Gasteiger charge is 2.12. The van der Waals surface area contributed by atoms with Gasteiger partial charge in [0.05, 0.1) is 6.04 Å². The van der Waals surface area contributed by atoms with Crippen molar-refractivity contribution in [2.75, 3.05) is 11.6 Å². The molecule has 4 heteroatoms. The second kappa shape index (κ2) is 6.55. The van der Waals surface area contributed by atoms with Crippen LogP contribution in [0.4, 0.5) is 5.69 Å². The molecule has 1 aromatic carbocycles. The molecule has 0 spiro atoms. The van der Waals surface area contributed by atoms with Crippen molar-refractivity contribution in [1.29, 1.82) is 0 Å². The van der Waals surface area contributed by atoms with Gasteiger partial charge in [-0.1, -0.05) is 19.4 Å². The Hall–Kier alpha value is -1.00. The molecule has 1 aromatic rings. The molecule has 0 fully saturated rings. The fourth-order valence-electron chi connectivity index (χ4n) is 1.38. The monoisotopic (exact) mass is 238 g/mol. The molecule has 0 aliphatic carbocycles. The van der Waals surface area contributed by atoms with Crippen LogP contribution in [-0.2, 0) is 4.79 Å². The average Bonchev–Trinajstić information content (AvgIpc) is 2.29. The average molecular weight is 238 g/mol. The van der Waals surface area contributed by atoms with Crippen molar-refractivity contribution in [3.8, 4) is 0 Å². The number of amides is 1. The molecule has 3 nitrogen and oxygen atoms in total. The standard InChI is InChI=1S/C12H18N2OS/c1-3-5-11(13)12(15)14-9-6-4-7-10(8-9)16-2/h4,6-8,11H,3,5,13H2,1-2H3,(H,14,15)/t11-/m1/s1. The summed E-state index contributed by atoms with van der Waals surface area (Å²) in [6, 6.07) is 7.33. The molecule has 1 atom stereocenters. The predicted octanol–water partition coefficient (Wildman–Crippen LogP) is 2.47. The highest BCUT2D eigenvalue weighted by Crippen LogP contribution is 2.19. The Morgan fingerprint density at radius 3 is 2.94 bits per heavy atom. The van der Waals surface area contributed by atoms with Gasteiger partial charge in [0.15, 0.2) is 0 Å². The van der Waals surface area contributed by atoms with Crippen molar-refractivity contribution in [1.82, 2.24) is 0 Å². The van der Waals surface area contributed by atoms with Crippen LogP contribution < -0.4 is 11.1 Å². The van der Waals surface area contributed by atoms with Gasteiger partial charge < -0.3 is 11.1 Å². The van der Waals surface area contributed by atoms with E-state index in [1.165, 1.54) is 0 Å². The Kier molecular flexibility index (Phi) is 5.35. The first kappa shape index (κ1) is 13.1. The van der Waals surface area contributed by atoms with Gasteiger partial charge in [0, 0.05) is 10.6 Å². The molecule has 0 unspecified atom stereocenters. The molecule has 0 heterocycles. The summed E-state index contributed by atoms with van der Waals surface area (Å²) in [6.07, 6.45) is 3.64. The summed E-state index contributed by atoms with van der Waals surface area (Å²) in [5.74, 6) is -0.111. The number of nitrogens with two attached hydrogens (primary N) is 1. The summed E-state index contributed by atoms with van der Waals surface area (Å²) < 4.78 is 0. The summed E-state index contributed by atoms with van der Waals surface area (Å²) in [5, 5.41) is 2.82. The Bertz CT molecular complexity index is 355. The third kappa shape index (κ3) is 3.87. The zero-order valence-corrected chi connectivity index (χ0v) is 10.5. The number of nitrogens with one attached hydrogen (secondary N) is 1. The molecule has 0 radical (unpaired) electrons. The van der Waals surface area contributed by atoms with Gasteiger partial charge in [-0.25, -0.2) is 0 Å². The van der Waals surface area contributed by atoms with Crippen molar-refractivity contribution < 1.29 is 4.79 Å². The van der Waals surface area contributed by atoms with E-state index in [2.05, 4.69) is 5.32 Å². The Morgan fingerprint density at radius 2 is 2.31 bits per heavy atom. The fraction of sp³-hybridized carbons (Fsp3) is 0.417. The number of carbonyl (C=O) groups excluding carboxylic acids is 1. The molecule has 3 N–H and O–H groups in total. The summed E-state index contributed by atoms with van der Waals surface area (Å²) >= 11 is 1.65. The lowest BCUT2D eigenvalue weighted by Gasteiger charge is -2.11. The van der Waals surface area contributed by atoms with E-state index in [-0.39, 0.29) is 5.91 Å². The van der Waals surface area contributed by atoms with Crippen molar-refractivity contribution in [2.45, 2.75) is 30.7 Å². The van der Waals surface area contributed by atoms with Crippen molar-refractivity contribution in [3.05, 3.63) is 24.3 Å². The van der Waals surface area contributed by atoms with Crippen LogP contribution in [0.15, 0.2) is 29.2 Å². The number of rotatable bonds is 5. The zero-order valence-electron chi connectivity index (χ0n) is 9.69. The minimum absolute atomic E-state index is 0.111. The Labute approximate surface area is 101 Å². The van der Waals surface area contributed by atoms with Gasteiger partial charge >= 0.3 is 0 Å². The Balaban J connectivity index is 2.61. The summed E-state index contributed by atoms with van der Waals surface area (Å²) in [6.45, 7) is 2.02. The van der Waals surface area contributed by atoms with Gasteiger partial charge in [-0.3, -0.25) is 4.79 Å². The second-order valence-electron chi connectivity index (χ2n) is 3.62. The number of thioether (sulfide) groups is 1. The minimum atomic E-state index is -0.414. The van der Waals surface area contributed by atoms with Crippen molar-refractivity contribution in [3.63, 3.8) is 0 Å². The van der Waals surface area contributed by atoms with Crippen LogP contribution in [0.25, 0.3) is 0 Å². The van der Waals surface area contributed by atoms with E-state index in [0.29, 0.717) is 6.42 Å². The van der Waals surface area contributed by atoms with Crippen LogP contribution in [0, 0.1) is 0 Å². The second-order valence-corrected chi connectivity index (χ2v) is 4.50. The maximum absolute atomic E-state index is 11.7. The van der Waals surface area contributed by atoms with Gasteiger partial charge in [-0.15, -0.1) is 11.8 Å². The molecule has 1 rings (SSSR count). The number of carbonyl (C=O) groups is 1. The van der Waals surface area contributed by atoms with Crippen LogP contribution in [0.5, 0.6) is 0 Å². The minimum Gasteiger partial charge on any atom is -0.325 e. The van der Waals surface area contributed by atoms with Gasteiger partial charge in [0.1, 0.15) is 0 Å². The molecule has 1 amide bonds. The van der Waals surface area contributed by atoms with Gasteiger partial charge in [-0.2, -0.15) is 0 Å².